The molecule has 0 aliphatic rings. The van der Waals surface area contributed by atoms with Crippen LogP contribution in [0.5, 0.6) is 0 Å². The molecular formula is C14H29N2O2+. The standard InChI is InChI=1S/C14H29N2O2/c1-7-15(8-2)9-10-16(5,6)11-12-18-14(17)13(3)4/h3,7-12H2,1-2,4-6H3/q+1. The minimum Gasteiger partial charge on any atom is -0.456 e. The first-order valence-electron chi connectivity index (χ1n) is 6.69. The van der Waals surface area contributed by atoms with Crippen LogP contribution in [0.15, 0.2) is 12.2 Å². The van der Waals surface area contributed by atoms with E-state index in [2.05, 4.69) is 39.4 Å². The minimum atomic E-state index is -0.293. The molecule has 0 aromatic carbocycles. The summed E-state index contributed by atoms with van der Waals surface area (Å²) in [6.07, 6.45) is 0. The molecule has 0 spiro atoms. The molecule has 0 bridgehead atoms. The molecule has 0 saturated heterocycles. The van der Waals surface area contributed by atoms with Crippen LogP contribution in [0.3, 0.4) is 0 Å². The van der Waals surface area contributed by atoms with Gasteiger partial charge in [0.1, 0.15) is 13.2 Å². The molecule has 18 heavy (non-hydrogen) atoms. The second-order valence-corrected chi connectivity index (χ2v) is 5.33. The summed E-state index contributed by atoms with van der Waals surface area (Å²) in [5.41, 5.74) is 0.462. The average molecular weight is 257 g/mol. The monoisotopic (exact) mass is 257 g/mol. The van der Waals surface area contributed by atoms with Gasteiger partial charge in [0.15, 0.2) is 0 Å². The van der Waals surface area contributed by atoms with Crippen LogP contribution in [0.2, 0.25) is 0 Å². The molecule has 0 unspecified atom stereocenters. The van der Waals surface area contributed by atoms with Crippen molar-refractivity contribution in [1.29, 1.82) is 0 Å². The van der Waals surface area contributed by atoms with E-state index in [4.69, 9.17) is 4.74 Å². The zero-order valence-electron chi connectivity index (χ0n) is 12.7. The number of hydrogen-bond donors (Lipinski definition) is 0. The molecule has 0 aromatic heterocycles. The Labute approximate surface area is 112 Å². The van der Waals surface area contributed by atoms with Crippen LogP contribution in [0.1, 0.15) is 20.8 Å². The van der Waals surface area contributed by atoms with Crippen LogP contribution in [-0.4, -0.2) is 68.8 Å². The molecule has 0 fully saturated rings. The zero-order valence-corrected chi connectivity index (χ0v) is 12.7. The highest BCUT2D eigenvalue weighted by atomic mass is 16.5. The van der Waals surface area contributed by atoms with Crippen molar-refractivity contribution in [3.63, 3.8) is 0 Å². The summed E-state index contributed by atoms with van der Waals surface area (Å²) < 4.78 is 5.99. The Hall–Kier alpha value is -0.870. The smallest absolute Gasteiger partial charge is 0.333 e. The van der Waals surface area contributed by atoms with Crippen LogP contribution in [0.25, 0.3) is 0 Å². The van der Waals surface area contributed by atoms with Crippen molar-refractivity contribution in [3.8, 4) is 0 Å². The molecule has 0 aliphatic heterocycles. The first-order valence-corrected chi connectivity index (χ1v) is 6.69. The number of esters is 1. The van der Waals surface area contributed by atoms with E-state index in [1.807, 2.05) is 0 Å². The van der Waals surface area contributed by atoms with Crippen LogP contribution in [0.4, 0.5) is 0 Å². The van der Waals surface area contributed by atoms with E-state index in [0.29, 0.717) is 12.2 Å². The third-order valence-electron chi connectivity index (χ3n) is 3.19. The molecule has 0 saturated carbocycles. The summed E-state index contributed by atoms with van der Waals surface area (Å²) in [5, 5.41) is 0. The summed E-state index contributed by atoms with van der Waals surface area (Å²) in [7, 11) is 4.33. The maximum absolute atomic E-state index is 11.3. The lowest BCUT2D eigenvalue weighted by Crippen LogP contribution is -2.47. The van der Waals surface area contributed by atoms with Gasteiger partial charge in [-0.15, -0.1) is 0 Å². The van der Waals surface area contributed by atoms with Gasteiger partial charge in [0.25, 0.3) is 0 Å². The first-order chi connectivity index (χ1) is 8.32. The van der Waals surface area contributed by atoms with E-state index in [9.17, 15) is 4.79 Å². The van der Waals surface area contributed by atoms with Crippen molar-refractivity contribution in [3.05, 3.63) is 12.2 Å². The van der Waals surface area contributed by atoms with Gasteiger partial charge >= 0.3 is 5.97 Å². The van der Waals surface area contributed by atoms with Gasteiger partial charge in [-0.05, 0) is 20.0 Å². The topological polar surface area (TPSA) is 29.5 Å². The molecular weight excluding hydrogens is 228 g/mol. The van der Waals surface area contributed by atoms with Crippen molar-refractivity contribution in [2.24, 2.45) is 0 Å². The van der Waals surface area contributed by atoms with E-state index < -0.39 is 0 Å². The number of likely N-dealkylation sites (N-methyl/N-ethyl adjacent to an activating group) is 2. The maximum Gasteiger partial charge on any atom is 0.333 e. The Morgan fingerprint density at radius 3 is 2.22 bits per heavy atom. The summed E-state index contributed by atoms with van der Waals surface area (Å²) in [4.78, 5) is 13.7. The van der Waals surface area contributed by atoms with Crippen LogP contribution in [0, 0.1) is 0 Å². The Bertz CT molecular complexity index is 271. The first kappa shape index (κ1) is 17.1. The number of quaternary nitrogens is 1. The Morgan fingerprint density at radius 2 is 1.78 bits per heavy atom. The predicted molar refractivity (Wildman–Crippen MR) is 75.4 cm³/mol. The third-order valence-corrected chi connectivity index (χ3v) is 3.19. The molecule has 4 nitrogen and oxygen atoms in total. The van der Waals surface area contributed by atoms with Gasteiger partial charge in [-0.2, -0.15) is 0 Å². The highest BCUT2D eigenvalue weighted by molar-refractivity contribution is 5.86. The lowest BCUT2D eigenvalue weighted by atomic mass is 10.3. The largest absolute Gasteiger partial charge is 0.456 e. The number of rotatable bonds is 9. The van der Waals surface area contributed by atoms with Crippen molar-refractivity contribution in [2.45, 2.75) is 20.8 Å². The van der Waals surface area contributed by atoms with E-state index in [1.54, 1.807) is 6.92 Å². The number of ether oxygens (including phenoxy) is 1. The zero-order chi connectivity index (χ0) is 14.2. The van der Waals surface area contributed by atoms with Gasteiger partial charge in [-0.25, -0.2) is 4.79 Å². The highest BCUT2D eigenvalue weighted by Crippen LogP contribution is 2.00. The minimum absolute atomic E-state index is 0.293. The van der Waals surface area contributed by atoms with Gasteiger partial charge in [-0.3, -0.25) is 4.90 Å². The molecule has 0 heterocycles. The Kier molecular flexibility index (Phi) is 7.87. The van der Waals surface area contributed by atoms with E-state index >= 15 is 0 Å². The fraction of sp³-hybridized carbons (Fsp3) is 0.786. The fourth-order valence-corrected chi connectivity index (χ4v) is 1.57. The van der Waals surface area contributed by atoms with Crippen LogP contribution in [-0.2, 0) is 9.53 Å². The molecule has 0 aromatic rings. The van der Waals surface area contributed by atoms with Gasteiger partial charge < -0.3 is 9.22 Å². The van der Waals surface area contributed by atoms with Crippen molar-refractivity contribution in [1.82, 2.24) is 4.90 Å². The Morgan fingerprint density at radius 1 is 1.22 bits per heavy atom. The molecule has 4 heteroatoms. The lowest BCUT2D eigenvalue weighted by Gasteiger charge is -2.31. The SMILES string of the molecule is C=C(C)C(=O)OCC[N+](C)(C)CCN(CC)CC. The van der Waals surface area contributed by atoms with Crippen molar-refractivity contribution < 1.29 is 14.0 Å². The summed E-state index contributed by atoms with van der Waals surface area (Å²) in [6.45, 7) is 15.2. The summed E-state index contributed by atoms with van der Waals surface area (Å²) in [6, 6.07) is 0. The van der Waals surface area contributed by atoms with E-state index in [0.717, 1.165) is 37.2 Å². The van der Waals surface area contributed by atoms with Gasteiger partial charge in [0.05, 0.1) is 20.6 Å². The molecule has 106 valence electrons. The highest BCUT2D eigenvalue weighted by Gasteiger charge is 2.17. The number of carbonyl (C=O) groups is 1. The van der Waals surface area contributed by atoms with Gasteiger partial charge in [0.2, 0.25) is 0 Å². The van der Waals surface area contributed by atoms with Crippen LogP contribution >= 0.6 is 0 Å². The molecule has 0 radical (unpaired) electrons. The second kappa shape index (κ2) is 8.27. The third kappa shape index (κ3) is 7.45. The molecule has 0 rings (SSSR count). The molecule has 0 atom stereocenters. The maximum atomic E-state index is 11.3. The quantitative estimate of drug-likeness (QED) is 0.356. The summed E-state index contributed by atoms with van der Waals surface area (Å²) in [5.74, 6) is -0.293. The van der Waals surface area contributed by atoms with E-state index in [1.165, 1.54) is 0 Å². The molecule has 0 amide bonds. The Balaban J connectivity index is 3.93. The van der Waals surface area contributed by atoms with E-state index in [-0.39, 0.29) is 5.97 Å². The van der Waals surface area contributed by atoms with Gasteiger partial charge in [0, 0.05) is 12.1 Å². The van der Waals surface area contributed by atoms with Crippen molar-refractivity contribution in [2.75, 3.05) is 53.4 Å². The second-order valence-electron chi connectivity index (χ2n) is 5.33. The normalized spacial score (nSPS) is 11.7. The molecule has 0 aliphatic carbocycles. The summed E-state index contributed by atoms with van der Waals surface area (Å²) >= 11 is 0. The number of nitrogens with zero attached hydrogens (tertiary/aromatic N) is 2. The van der Waals surface area contributed by atoms with Crippen LogP contribution < -0.4 is 0 Å². The fourth-order valence-electron chi connectivity index (χ4n) is 1.57. The predicted octanol–water partition coefficient (Wildman–Crippen LogP) is 1.52. The average Bonchev–Trinajstić information content (AvgIpc) is 2.29. The van der Waals surface area contributed by atoms with Gasteiger partial charge in [-0.1, -0.05) is 20.4 Å². The van der Waals surface area contributed by atoms with Crippen molar-refractivity contribution >= 4 is 5.97 Å². The lowest BCUT2D eigenvalue weighted by molar-refractivity contribution is -0.890. The number of carbonyl (C=O) groups excluding carboxylic acids is 1. The molecule has 0 N–H and O–H groups in total. The number of hydrogen-bond acceptors (Lipinski definition) is 3.